The van der Waals surface area contributed by atoms with E-state index >= 15 is 0 Å². The van der Waals surface area contributed by atoms with Crippen LogP contribution in [0.1, 0.15) is 25.8 Å². The molecule has 0 N–H and O–H groups in total. The zero-order chi connectivity index (χ0) is 15.0. The summed E-state index contributed by atoms with van der Waals surface area (Å²) in [5.41, 5.74) is 3.48. The van der Waals surface area contributed by atoms with E-state index < -0.39 is 0 Å². The normalized spacial score (nSPS) is 18.9. The first-order valence-corrected chi connectivity index (χ1v) is 7.73. The fourth-order valence-electron chi connectivity index (χ4n) is 3.40. The topological polar surface area (TPSA) is 30.2 Å². The van der Waals surface area contributed by atoms with E-state index in [2.05, 4.69) is 37.5 Å². The summed E-state index contributed by atoms with van der Waals surface area (Å²) in [6.07, 6.45) is 2.92. The molecule has 0 aliphatic carbocycles. The highest BCUT2D eigenvalue weighted by molar-refractivity contribution is 5.80. The van der Waals surface area contributed by atoms with Crippen LogP contribution in [-0.2, 0) is 19.6 Å². The van der Waals surface area contributed by atoms with Crippen molar-refractivity contribution >= 4 is 11.0 Å². The minimum atomic E-state index is 0.0857. The Labute approximate surface area is 125 Å². The van der Waals surface area contributed by atoms with Crippen LogP contribution in [0.15, 0.2) is 35.6 Å². The predicted octanol–water partition coefficient (Wildman–Crippen LogP) is 2.60. The van der Waals surface area contributed by atoms with Crippen LogP contribution in [0.2, 0.25) is 0 Å². The quantitative estimate of drug-likeness (QED) is 0.808. The Balaban J connectivity index is 2.21. The Morgan fingerprint density at radius 1 is 1.43 bits per heavy atom. The Morgan fingerprint density at radius 2 is 2.24 bits per heavy atom. The molecule has 0 saturated carbocycles. The number of nitrogens with zero attached hydrogens (tertiary/aromatic N) is 3. The largest absolute Gasteiger partial charge is 0.329 e. The number of hydrogen-bond donors (Lipinski definition) is 0. The molecule has 0 saturated heterocycles. The second kappa shape index (κ2) is 5.53. The van der Waals surface area contributed by atoms with Gasteiger partial charge in [-0.25, -0.2) is 4.79 Å². The molecule has 4 heteroatoms. The van der Waals surface area contributed by atoms with E-state index in [4.69, 9.17) is 0 Å². The summed E-state index contributed by atoms with van der Waals surface area (Å²) in [5.74, 6) is 0. The highest BCUT2D eigenvalue weighted by Crippen LogP contribution is 2.24. The lowest BCUT2D eigenvalue weighted by Gasteiger charge is -2.26. The SMILES string of the molecule is C=CCn1c(=O)n2c3c(cccc31)CN(CCC)C(C)C2. The molecule has 4 nitrogen and oxygen atoms in total. The Morgan fingerprint density at radius 3 is 2.95 bits per heavy atom. The van der Waals surface area contributed by atoms with Crippen molar-refractivity contribution < 1.29 is 0 Å². The first kappa shape index (κ1) is 14.1. The van der Waals surface area contributed by atoms with Gasteiger partial charge >= 0.3 is 5.69 Å². The summed E-state index contributed by atoms with van der Waals surface area (Å²) in [5, 5.41) is 0. The fourth-order valence-corrected chi connectivity index (χ4v) is 3.40. The third-order valence-electron chi connectivity index (χ3n) is 4.39. The molecule has 0 radical (unpaired) electrons. The molecule has 1 aliphatic rings. The fraction of sp³-hybridized carbons (Fsp3) is 0.471. The van der Waals surface area contributed by atoms with E-state index in [9.17, 15) is 4.79 Å². The Kier molecular flexibility index (Phi) is 3.72. The highest BCUT2D eigenvalue weighted by atomic mass is 16.1. The van der Waals surface area contributed by atoms with Crippen molar-refractivity contribution in [2.24, 2.45) is 0 Å². The van der Waals surface area contributed by atoms with Crippen LogP contribution in [0.5, 0.6) is 0 Å². The van der Waals surface area contributed by atoms with Crippen LogP contribution in [0.4, 0.5) is 0 Å². The van der Waals surface area contributed by atoms with Crippen molar-refractivity contribution in [2.45, 2.75) is 45.9 Å². The summed E-state index contributed by atoms with van der Waals surface area (Å²) in [7, 11) is 0. The van der Waals surface area contributed by atoms with E-state index in [1.807, 2.05) is 15.2 Å². The van der Waals surface area contributed by atoms with Crippen LogP contribution in [-0.4, -0.2) is 26.6 Å². The molecule has 1 atom stereocenters. The van der Waals surface area contributed by atoms with Crippen molar-refractivity contribution in [3.63, 3.8) is 0 Å². The molecule has 21 heavy (non-hydrogen) atoms. The zero-order valence-electron chi connectivity index (χ0n) is 12.9. The monoisotopic (exact) mass is 285 g/mol. The van der Waals surface area contributed by atoms with Gasteiger partial charge in [-0.1, -0.05) is 25.1 Å². The summed E-state index contributed by atoms with van der Waals surface area (Å²) in [4.78, 5) is 15.2. The third kappa shape index (κ3) is 2.23. The van der Waals surface area contributed by atoms with Crippen LogP contribution >= 0.6 is 0 Å². The van der Waals surface area contributed by atoms with Crippen LogP contribution in [0, 0.1) is 0 Å². The molecule has 0 bridgehead atoms. The van der Waals surface area contributed by atoms with Crippen LogP contribution in [0.25, 0.3) is 11.0 Å². The van der Waals surface area contributed by atoms with Crippen molar-refractivity contribution in [1.29, 1.82) is 0 Å². The van der Waals surface area contributed by atoms with Crippen molar-refractivity contribution in [1.82, 2.24) is 14.0 Å². The van der Waals surface area contributed by atoms with Crippen molar-refractivity contribution in [2.75, 3.05) is 6.54 Å². The number of rotatable bonds is 4. The van der Waals surface area contributed by atoms with Gasteiger partial charge in [0.1, 0.15) is 0 Å². The van der Waals surface area contributed by atoms with E-state index in [0.29, 0.717) is 12.6 Å². The lowest BCUT2D eigenvalue weighted by Crippen LogP contribution is -2.37. The van der Waals surface area contributed by atoms with Gasteiger partial charge in [0.05, 0.1) is 11.0 Å². The van der Waals surface area contributed by atoms with Gasteiger partial charge in [-0.15, -0.1) is 6.58 Å². The smallest absolute Gasteiger partial charge is 0.295 e. The summed E-state index contributed by atoms with van der Waals surface area (Å²) >= 11 is 0. The molecule has 1 aromatic heterocycles. The maximum Gasteiger partial charge on any atom is 0.329 e. The molecule has 0 spiro atoms. The van der Waals surface area contributed by atoms with E-state index in [1.165, 1.54) is 5.56 Å². The number of allylic oxidation sites excluding steroid dienone is 1. The lowest BCUT2D eigenvalue weighted by molar-refractivity contribution is 0.189. The van der Waals surface area contributed by atoms with Gasteiger partial charge in [-0.3, -0.25) is 14.0 Å². The standard InChI is InChI=1S/C17H23N3O/c1-4-9-18-12-14-7-6-8-15-16(14)20(11-13(18)3)17(21)19(15)10-5-2/h5-8,13H,2,4,9-12H2,1,3H3. The second-order valence-corrected chi connectivity index (χ2v) is 5.90. The van der Waals surface area contributed by atoms with Crippen LogP contribution in [0.3, 0.4) is 0 Å². The van der Waals surface area contributed by atoms with E-state index in [0.717, 1.165) is 37.1 Å². The minimum absolute atomic E-state index is 0.0857. The summed E-state index contributed by atoms with van der Waals surface area (Å²) in [6.45, 7) is 11.5. The molecule has 112 valence electrons. The Hall–Kier alpha value is -1.81. The lowest BCUT2D eigenvalue weighted by atomic mass is 10.1. The Bertz CT molecular complexity index is 725. The van der Waals surface area contributed by atoms with Gasteiger partial charge in [0, 0.05) is 25.7 Å². The molecule has 1 aliphatic heterocycles. The summed E-state index contributed by atoms with van der Waals surface area (Å²) in [6, 6.07) is 6.62. The number of imidazole rings is 1. The number of aromatic nitrogens is 2. The number of hydrogen-bond acceptors (Lipinski definition) is 2. The average Bonchev–Trinajstić information content (AvgIpc) is 2.65. The van der Waals surface area contributed by atoms with Gasteiger partial charge in [-0.2, -0.15) is 0 Å². The third-order valence-corrected chi connectivity index (χ3v) is 4.39. The molecule has 1 unspecified atom stereocenters. The highest BCUT2D eigenvalue weighted by Gasteiger charge is 2.24. The van der Waals surface area contributed by atoms with Crippen LogP contribution < -0.4 is 5.69 Å². The first-order valence-electron chi connectivity index (χ1n) is 7.73. The van der Waals surface area contributed by atoms with Gasteiger partial charge in [0.15, 0.2) is 0 Å². The molecular formula is C17H23N3O. The molecule has 2 aromatic rings. The summed E-state index contributed by atoms with van der Waals surface area (Å²) < 4.78 is 3.78. The molecule has 0 fully saturated rings. The van der Waals surface area contributed by atoms with Gasteiger partial charge < -0.3 is 0 Å². The van der Waals surface area contributed by atoms with Crippen molar-refractivity contribution in [3.8, 4) is 0 Å². The molecule has 1 aromatic carbocycles. The van der Waals surface area contributed by atoms with Crippen molar-refractivity contribution in [3.05, 3.63) is 46.9 Å². The molecule has 3 rings (SSSR count). The predicted molar refractivity (Wildman–Crippen MR) is 86.6 cm³/mol. The van der Waals surface area contributed by atoms with E-state index in [1.54, 1.807) is 6.08 Å². The average molecular weight is 285 g/mol. The molecule has 2 heterocycles. The van der Waals surface area contributed by atoms with Gasteiger partial charge in [-0.05, 0) is 31.5 Å². The van der Waals surface area contributed by atoms with E-state index in [-0.39, 0.29) is 5.69 Å². The number of para-hydroxylation sites is 1. The van der Waals surface area contributed by atoms with Gasteiger partial charge in [0.25, 0.3) is 0 Å². The zero-order valence-corrected chi connectivity index (χ0v) is 12.9. The minimum Gasteiger partial charge on any atom is -0.295 e. The molecular weight excluding hydrogens is 262 g/mol. The molecule has 0 amide bonds. The van der Waals surface area contributed by atoms with Gasteiger partial charge in [0.2, 0.25) is 0 Å². The second-order valence-electron chi connectivity index (χ2n) is 5.90. The first-order chi connectivity index (χ1) is 10.2. The number of benzene rings is 1. The maximum absolute atomic E-state index is 12.7. The maximum atomic E-state index is 12.7.